The van der Waals surface area contributed by atoms with Crippen LogP contribution in [-0.4, -0.2) is 20.3 Å². The number of aryl methyl sites for hydroxylation is 1. The second-order valence-corrected chi connectivity index (χ2v) is 8.19. The Hall–Kier alpha value is -4.33. The number of furan rings is 1. The average molecular weight is 473 g/mol. The fraction of sp³-hybridized carbons (Fsp3) is 0.148. The molecule has 8 heteroatoms. The molecule has 3 aromatic heterocycles. The number of ether oxygens (including phenoxy) is 1. The lowest BCUT2D eigenvalue weighted by molar-refractivity contribution is -0.132. The molecule has 0 aliphatic heterocycles. The quantitative estimate of drug-likeness (QED) is 0.297. The van der Waals surface area contributed by atoms with Crippen LogP contribution in [0.15, 0.2) is 71.3 Å². The molecule has 35 heavy (non-hydrogen) atoms. The van der Waals surface area contributed by atoms with Crippen molar-refractivity contribution in [2.24, 2.45) is 0 Å². The summed E-state index contributed by atoms with van der Waals surface area (Å²) in [6.45, 7) is 3.14. The lowest BCUT2D eigenvalue weighted by Gasteiger charge is -2.10. The number of esters is 1. The topological polar surface area (TPSA) is 69.6 Å². The van der Waals surface area contributed by atoms with E-state index in [4.69, 9.17) is 19.1 Å². The summed E-state index contributed by atoms with van der Waals surface area (Å²) in [7, 11) is 0. The van der Waals surface area contributed by atoms with Crippen molar-refractivity contribution in [3.05, 3.63) is 107 Å². The van der Waals surface area contributed by atoms with E-state index in [9.17, 15) is 13.6 Å². The lowest BCUT2D eigenvalue weighted by atomic mass is 10.1. The van der Waals surface area contributed by atoms with E-state index in [1.54, 1.807) is 10.6 Å². The Morgan fingerprint density at radius 1 is 1.00 bits per heavy atom. The molecule has 0 amide bonds. The number of hydrogen-bond donors (Lipinski definition) is 0. The van der Waals surface area contributed by atoms with Crippen molar-refractivity contribution in [3.8, 4) is 17.1 Å². The molecular formula is C27H21F2N3O3. The Balaban J connectivity index is 1.72. The first-order valence-electron chi connectivity index (χ1n) is 11.0. The summed E-state index contributed by atoms with van der Waals surface area (Å²) in [5.74, 6) is 0.00640. The van der Waals surface area contributed by atoms with E-state index in [0.29, 0.717) is 28.5 Å². The smallest absolute Gasteiger partial charge is 0.309 e. The minimum absolute atomic E-state index is 0.0103. The third kappa shape index (κ3) is 4.68. The first-order valence-corrected chi connectivity index (χ1v) is 11.0. The van der Waals surface area contributed by atoms with Gasteiger partial charge in [-0.15, -0.1) is 0 Å². The molecular weight excluding hydrogens is 452 g/mol. The summed E-state index contributed by atoms with van der Waals surface area (Å²) in [4.78, 5) is 21.4. The van der Waals surface area contributed by atoms with E-state index in [0.717, 1.165) is 29.5 Å². The zero-order valence-corrected chi connectivity index (χ0v) is 19.1. The van der Waals surface area contributed by atoms with Gasteiger partial charge in [0.15, 0.2) is 5.65 Å². The van der Waals surface area contributed by atoms with Crippen molar-refractivity contribution in [2.45, 2.75) is 26.7 Å². The molecule has 3 heterocycles. The van der Waals surface area contributed by atoms with Crippen LogP contribution in [-0.2, 0) is 17.6 Å². The molecule has 0 aliphatic rings. The maximum absolute atomic E-state index is 14.5. The van der Waals surface area contributed by atoms with Crippen LogP contribution in [0.25, 0.3) is 16.9 Å². The molecule has 2 aromatic carbocycles. The van der Waals surface area contributed by atoms with Crippen LogP contribution in [0.1, 0.15) is 35.4 Å². The van der Waals surface area contributed by atoms with Crippen LogP contribution in [0, 0.1) is 18.6 Å². The predicted octanol–water partition coefficient (Wildman–Crippen LogP) is 5.68. The second-order valence-electron chi connectivity index (χ2n) is 8.19. The molecule has 0 saturated heterocycles. The van der Waals surface area contributed by atoms with Gasteiger partial charge in [-0.1, -0.05) is 30.3 Å². The molecule has 0 N–H and O–H groups in total. The molecule has 5 rings (SSSR count). The lowest BCUT2D eigenvalue weighted by Crippen LogP contribution is -2.07. The highest BCUT2D eigenvalue weighted by atomic mass is 19.1. The van der Waals surface area contributed by atoms with Gasteiger partial charge in [0.25, 0.3) is 0 Å². The van der Waals surface area contributed by atoms with Crippen molar-refractivity contribution in [1.29, 1.82) is 0 Å². The van der Waals surface area contributed by atoms with Gasteiger partial charge >= 0.3 is 5.97 Å². The van der Waals surface area contributed by atoms with Crippen LogP contribution in [0.2, 0.25) is 0 Å². The Bertz CT molecular complexity index is 1540. The minimum Gasteiger partial charge on any atom is -0.466 e. The van der Waals surface area contributed by atoms with Crippen LogP contribution in [0.5, 0.6) is 5.88 Å². The monoisotopic (exact) mass is 473 g/mol. The zero-order valence-electron chi connectivity index (χ0n) is 19.1. The van der Waals surface area contributed by atoms with E-state index < -0.39 is 17.6 Å². The SMILES string of the molecule is CC(=O)Oc1c(Cc2ccc(C)o2)nc2c(Cc3cc(F)ccc3F)nc(-c3ccccc3)cn12. The fourth-order valence-corrected chi connectivity index (χ4v) is 3.96. The fourth-order valence-electron chi connectivity index (χ4n) is 3.96. The summed E-state index contributed by atoms with van der Waals surface area (Å²) in [5.41, 5.74) is 2.76. The third-order valence-electron chi connectivity index (χ3n) is 5.51. The Labute approximate surface area is 199 Å². The number of nitrogens with zero attached hydrogens (tertiary/aromatic N) is 3. The standard InChI is InChI=1S/C27H21F2N3O3/c1-16-8-10-21(34-16)14-24-27(35-17(2)33)32-15-25(18-6-4-3-5-7-18)30-23(26(32)31-24)13-19-12-20(28)9-11-22(19)29/h3-12,15H,13-14H2,1-2H3. The summed E-state index contributed by atoms with van der Waals surface area (Å²) < 4.78 is 41.3. The molecule has 0 spiro atoms. The Kier molecular flexibility index (Phi) is 5.86. The number of aromatic nitrogens is 3. The van der Waals surface area contributed by atoms with Gasteiger partial charge in [-0.2, -0.15) is 0 Å². The zero-order chi connectivity index (χ0) is 24.5. The van der Waals surface area contributed by atoms with Crippen molar-refractivity contribution >= 4 is 11.6 Å². The molecule has 5 aromatic rings. The molecule has 6 nitrogen and oxygen atoms in total. The van der Waals surface area contributed by atoms with Gasteiger partial charge in [0.1, 0.15) is 28.8 Å². The van der Waals surface area contributed by atoms with Gasteiger partial charge in [-0.3, -0.25) is 9.20 Å². The van der Waals surface area contributed by atoms with Gasteiger partial charge in [-0.25, -0.2) is 18.7 Å². The highest BCUT2D eigenvalue weighted by molar-refractivity contribution is 5.70. The number of carbonyl (C=O) groups is 1. The van der Waals surface area contributed by atoms with Crippen LogP contribution < -0.4 is 4.74 Å². The summed E-state index contributed by atoms with van der Waals surface area (Å²) in [6.07, 6.45) is 1.98. The predicted molar refractivity (Wildman–Crippen MR) is 125 cm³/mol. The number of hydrogen-bond acceptors (Lipinski definition) is 5. The van der Waals surface area contributed by atoms with E-state index in [2.05, 4.69) is 0 Å². The van der Waals surface area contributed by atoms with Gasteiger partial charge < -0.3 is 9.15 Å². The van der Waals surface area contributed by atoms with Crippen LogP contribution in [0.4, 0.5) is 8.78 Å². The number of imidazole rings is 1. The molecule has 0 radical (unpaired) electrons. The van der Waals surface area contributed by atoms with Crippen LogP contribution >= 0.6 is 0 Å². The summed E-state index contributed by atoms with van der Waals surface area (Å²) >= 11 is 0. The maximum atomic E-state index is 14.5. The maximum Gasteiger partial charge on any atom is 0.309 e. The molecule has 176 valence electrons. The molecule has 0 unspecified atom stereocenters. The van der Waals surface area contributed by atoms with Crippen molar-refractivity contribution in [3.63, 3.8) is 0 Å². The van der Waals surface area contributed by atoms with E-state index in [1.165, 1.54) is 6.92 Å². The summed E-state index contributed by atoms with van der Waals surface area (Å²) in [5, 5.41) is 0. The van der Waals surface area contributed by atoms with E-state index >= 15 is 0 Å². The van der Waals surface area contributed by atoms with Gasteiger partial charge in [0.2, 0.25) is 5.88 Å². The molecule has 0 saturated carbocycles. The highest BCUT2D eigenvalue weighted by Crippen LogP contribution is 2.30. The number of fused-ring (bicyclic) bond motifs is 1. The van der Waals surface area contributed by atoms with E-state index in [-0.39, 0.29) is 24.3 Å². The molecule has 0 atom stereocenters. The van der Waals surface area contributed by atoms with E-state index in [1.807, 2.05) is 49.4 Å². The Morgan fingerprint density at radius 2 is 1.80 bits per heavy atom. The van der Waals surface area contributed by atoms with Gasteiger partial charge in [-0.05, 0) is 42.8 Å². The van der Waals surface area contributed by atoms with Crippen molar-refractivity contribution in [1.82, 2.24) is 14.4 Å². The molecule has 0 fully saturated rings. The average Bonchev–Trinajstić information content (AvgIpc) is 3.40. The first kappa shape index (κ1) is 22.5. The Morgan fingerprint density at radius 3 is 2.51 bits per heavy atom. The van der Waals surface area contributed by atoms with Crippen molar-refractivity contribution in [2.75, 3.05) is 0 Å². The molecule has 0 aliphatic carbocycles. The number of benzene rings is 2. The van der Waals surface area contributed by atoms with Gasteiger partial charge in [0, 0.05) is 25.1 Å². The van der Waals surface area contributed by atoms with Crippen molar-refractivity contribution < 1.29 is 22.7 Å². The minimum atomic E-state index is -0.547. The number of halogens is 2. The normalized spacial score (nSPS) is 11.2. The van der Waals surface area contributed by atoms with Crippen LogP contribution in [0.3, 0.4) is 0 Å². The van der Waals surface area contributed by atoms with Gasteiger partial charge in [0.05, 0.1) is 17.8 Å². The molecule has 0 bridgehead atoms. The number of rotatable bonds is 6. The second kappa shape index (κ2) is 9.13. The highest BCUT2D eigenvalue weighted by Gasteiger charge is 2.22. The summed E-state index contributed by atoms with van der Waals surface area (Å²) in [6, 6.07) is 16.4. The largest absolute Gasteiger partial charge is 0.466 e. The third-order valence-corrected chi connectivity index (χ3v) is 5.51. The number of carbonyl (C=O) groups excluding carboxylic acids is 1. The first-order chi connectivity index (χ1) is 16.9.